The van der Waals surface area contributed by atoms with Crippen molar-refractivity contribution in [2.45, 2.75) is 0 Å². The van der Waals surface area contributed by atoms with E-state index in [2.05, 4.69) is 0 Å². The minimum absolute atomic E-state index is 0.159. The summed E-state index contributed by atoms with van der Waals surface area (Å²) < 4.78 is 17.7. The van der Waals surface area contributed by atoms with Gasteiger partial charge in [-0.3, -0.25) is 9.36 Å². The van der Waals surface area contributed by atoms with Gasteiger partial charge in [0, 0.05) is 6.07 Å². The lowest BCUT2D eigenvalue weighted by Crippen LogP contribution is -2.22. The highest BCUT2D eigenvalue weighted by Crippen LogP contribution is 2.33. The van der Waals surface area contributed by atoms with Gasteiger partial charge in [-0.25, -0.2) is 4.98 Å². The second kappa shape index (κ2) is 7.67. The summed E-state index contributed by atoms with van der Waals surface area (Å²) in [4.78, 5) is 18.2. The van der Waals surface area contributed by atoms with Gasteiger partial charge in [-0.1, -0.05) is 12.1 Å². The number of nitrogens with zero attached hydrogens (tertiary/aromatic N) is 2. The lowest BCUT2D eigenvalue weighted by molar-refractivity contribution is 0.395. The number of aromatic nitrogens is 2. The predicted octanol–water partition coefficient (Wildman–Crippen LogP) is 4.08. The van der Waals surface area contributed by atoms with Crippen LogP contribution in [0.4, 0.5) is 0 Å². The van der Waals surface area contributed by atoms with Crippen molar-refractivity contribution in [2.75, 3.05) is 21.3 Å². The number of hydrogen-bond acceptors (Lipinski definition) is 5. The van der Waals surface area contributed by atoms with Crippen LogP contribution in [-0.2, 0) is 0 Å². The van der Waals surface area contributed by atoms with Gasteiger partial charge in [0.15, 0.2) is 5.82 Å². The normalized spacial score (nSPS) is 10.7. The second-order valence-corrected chi connectivity index (χ2v) is 6.36. The summed E-state index contributed by atoms with van der Waals surface area (Å²) in [6, 6.07) is 20.0. The monoisotopic (exact) mass is 388 g/mol. The van der Waals surface area contributed by atoms with Crippen LogP contribution in [-0.4, -0.2) is 30.9 Å². The topological polar surface area (TPSA) is 62.6 Å². The molecular formula is C23H20N2O4. The molecule has 4 rings (SSSR count). The van der Waals surface area contributed by atoms with E-state index in [0.29, 0.717) is 45.2 Å². The average molecular weight is 388 g/mol. The van der Waals surface area contributed by atoms with E-state index < -0.39 is 0 Å². The summed E-state index contributed by atoms with van der Waals surface area (Å²) in [7, 11) is 4.78. The third kappa shape index (κ3) is 3.29. The fourth-order valence-electron chi connectivity index (χ4n) is 3.27. The summed E-state index contributed by atoms with van der Waals surface area (Å²) in [5.74, 6) is 2.41. The van der Waals surface area contributed by atoms with Crippen LogP contribution < -0.4 is 19.8 Å². The van der Waals surface area contributed by atoms with Crippen LogP contribution in [0.2, 0.25) is 0 Å². The van der Waals surface area contributed by atoms with E-state index in [1.54, 1.807) is 38.0 Å². The third-order valence-electron chi connectivity index (χ3n) is 4.76. The number of ether oxygens (including phenoxy) is 3. The molecule has 1 heterocycles. The molecule has 0 unspecified atom stereocenters. The number of para-hydroxylation sites is 1. The van der Waals surface area contributed by atoms with Gasteiger partial charge < -0.3 is 14.2 Å². The van der Waals surface area contributed by atoms with Crippen molar-refractivity contribution in [3.05, 3.63) is 77.1 Å². The van der Waals surface area contributed by atoms with E-state index in [0.717, 1.165) is 0 Å². The van der Waals surface area contributed by atoms with Crippen molar-refractivity contribution in [3.8, 4) is 34.3 Å². The highest BCUT2D eigenvalue weighted by Gasteiger charge is 2.18. The Morgan fingerprint density at radius 2 is 1.48 bits per heavy atom. The molecular weight excluding hydrogens is 368 g/mol. The van der Waals surface area contributed by atoms with Crippen LogP contribution in [0.1, 0.15) is 0 Å². The van der Waals surface area contributed by atoms with Crippen LogP contribution in [0.3, 0.4) is 0 Å². The number of rotatable bonds is 5. The van der Waals surface area contributed by atoms with E-state index in [1.807, 2.05) is 54.6 Å². The summed E-state index contributed by atoms with van der Waals surface area (Å²) in [5.41, 5.74) is 1.83. The fourth-order valence-corrected chi connectivity index (χ4v) is 3.27. The van der Waals surface area contributed by atoms with Gasteiger partial charge in [-0.05, 0) is 48.5 Å². The summed E-state index contributed by atoms with van der Waals surface area (Å²) in [5, 5.41) is 0.541. The summed E-state index contributed by atoms with van der Waals surface area (Å²) >= 11 is 0. The zero-order valence-corrected chi connectivity index (χ0v) is 16.4. The zero-order valence-electron chi connectivity index (χ0n) is 16.4. The lowest BCUT2D eigenvalue weighted by Gasteiger charge is -2.16. The molecule has 0 saturated carbocycles. The van der Waals surface area contributed by atoms with Gasteiger partial charge in [-0.2, -0.15) is 0 Å². The van der Waals surface area contributed by atoms with E-state index in [1.165, 1.54) is 0 Å². The Hall–Kier alpha value is -3.80. The molecule has 6 nitrogen and oxygen atoms in total. The van der Waals surface area contributed by atoms with Gasteiger partial charge >= 0.3 is 0 Å². The highest BCUT2D eigenvalue weighted by molar-refractivity contribution is 5.81. The lowest BCUT2D eigenvalue weighted by atomic mass is 10.1. The van der Waals surface area contributed by atoms with Crippen LogP contribution in [0.5, 0.6) is 17.2 Å². The van der Waals surface area contributed by atoms with E-state index in [4.69, 9.17) is 19.2 Å². The molecule has 0 amide bonds. The van der Waals surface area contributed by atoms with E-state index >= 15 is 0 Å². The average Bonchev–Trinajstić information content (AvgIpc) is 2.78. The number of benzene rings is 3. The second-order valence-electron chi connectivity index (χ2n) is 6.36. The van der Waals surface area contributed by atoms with Gasteiger partial charge in [0.25, 0.3) is 5.56 Å². The quantitative estimate of drug-likeness (QED) is 0.516. The molecule has 0 aliphatic carbocycles. The molecule has 0 aliphatic rings. The molecule has 0 saturated heterocycles. The molecule has 0 N–H and O–H groups in total. The minimum Gasteiger partial charge on any atom is -0.497 e. The fraction of sp³-hybridized carbons (Fsp3) is 0.130. The van der Waals surface area contributed by atoms with Crippen LogP contribution >= 0.6 is 0 Å². The smallest absolute Gasteiger partial charge is 0.266 e. The highest BCUT2D eigenvalue weighted by atomic mass is 16.5. The first-order chi connectivity index (χ1) is 14.2. The standard InChI is InChI=1S/C23H20N2O4/c1-27-16-10-8-15(9-11-16)25-22(19-13-12-17(28-2)14-21(19)29-3)24-20-7-5-4-6-18(20)23(25)26/h4-14H,1-3H3. The SMILES string of the molecule is COc1ccc(-n2c(-c3ccc(OC)cc3OC)nc3ccccc3c2=O)cc1. The molecule has 0 bridgehead atoms. The number of hydrogen-bond donors (Lipinski definition) is 0. The number of fused-ring (bicyclic) bond motifs is 1. The molecule has 0 spiro atoms. The molecule has 29 heavy (non-hydrogen) atoms. The van der Waals surface area contributed by atoms with E-state index in [9.17, 15) is 4.79 Å². The number of methoxy groups -OCH3 is 3. The van der Waals surface area contributed by atoms with Crippen LogP contribution in [0.15, 0.2) is 71.5 Å². The van der Waals surface area contributed by atoms with Crippen LogP contribution in [0, 0.1) is 0 Å². The Bertz CT molecular complexity index is 1230. The van der Waals surface area contributed by atoms with Crippen molar-refractivity contribution in [3.63, 3.8) is 0 Å². The molecule has 0 fully saturated rings. The van der Waals surface area contributed by atoms with Crippen LogP contribution in [0.25, 0.3) is 28.0 Å². The maximum absolute atomic E-state index is 13.4. The Balaban J connectivity index is 2.06. The third-order valence-corrected chi connectivity index (χ3v) is 4.76. The molecule has 3 aromatic carbocycles. The maximum Gasteiger partial charge on any atom is 0.266 e. The molecule has 6 heteroatoms. The van der Waals surface area contributed by atoms with Crippen molar-refractivity contribution < 1.29 is 14.2 Å². The minimum atomic E-state index is -0.159. The summed E-state index contributed by atoms with van der Waals surface area (Å²) in [6.07, 6.45) is 0. The van der Waals surface area contributed by atoms with Gasteiger partial charge in [0.1, 0.15) is 17.2 Å². The first kappa shape index (κ1) is 18.6. The Kier molecular flexibility index (Phi) is 4.91. The first-order valence-corrected chi connectivity index (χ1v) is 9.05. The molecule has 4 aromatic rings. The first-order valence-electron chi connectivity index (χ1n) is 9.05. The van der Waals surface area contributed by atoms with Crippen molar-refractivity contribution in [1.29, 1.82) is 0 Å². The molecule has 146 valence electrons. The molecule has 0 radical (unpaired) electrons. The Labute approximate surface area is 167 Å². The predicted molar refractivity (Wildman–Crippen MR) is 112 cm³/mol. The van der Waals surface area contributed by atoms with E-state index in [-0.39, 0.29) is 5.56 Å². The Morgan fingerprint density at radius 1 is 0.793 bits per heavy atom. The maximum atomic E-state index is 13.4. The van der Waals surface area contributed by atoms with Gasteiger partial charge in [0.2, 0.25) is 0 Å². The van der Waals surface area contributed by atoms with Gasteiger partial charge in [0.05, 0.1) is 43.5 Å². The largest absolute Gasteiger partial charge is 0.497 e. The zero-order chi connectivity index (χ0) is 20.4. The van der Waals surface area contributed by atoms with Crippen molar-refractivity contribution in [1.82, 2.24) is 9.55 Å². The van der Waals surface area contributed by atoms with Gasteiger partial charge in [-0.15, -0.1) is 0 Å². The van der Waals surface area contributed by atoms with Crippen molar-refractivity contribution >= 4 is 10.9 Å². The molecule has 1 aromatic heterocycles. The molecule has 0 aliphatic heterocycles. The summed E-state index contributed by atoms with van der Waals surface area (Å²) in [6.45, 7) is 0. The van der Waals surface area contributed by atoms with Crippen molar-refractivity contribution in [2.24, 2.45) is 0 Å². The Morgan fingerprint density at radius 3 is 2.17 bits per heavy atom. The molecule has 0 atom stereocenters.